The van der Waals surface area contributed by atoms with Crippen LogP contribution in [0.5, 0.6) is 17.2 Å². The molecule has 4 N–H and O–H groups in total. The van der Waals surface area contributed by atoms with E-state index in [1.807, 2.05) is 12.1 Å². The van der Waals surface area contributed by atoms with Gasteiger partial charge in [-0.2, -0.15) is 0 Å². The molecule has 3 aromatic rings. The molecule has 0 bridgehead atoms. The molecule has 230 valence electrons. The molecule has 0 aromatic heterocycles. The summed E-state index contributed by atoms with van der Waals surface area (Å²) in [6, 6.07) is 20.7. The van der Waals surface area contributed by atoms with Crippen molar-refractivity contribution in [1.82, 2.24) is 10.6 Å². The first-order valence-corrected chi connectivity index (χ1v) is 14.9. The van der Waals surface area contributed by atoms with Crippen LogP contribution in [0.15, 0.2) is 83.9 Å². The first kappa shape index (κ1) is 33.0. The lowest BCUT2D eigenvalue weighted by Gasteiger charge is -2.25. The standard InChI is InChI=1S/C18H27NO3.C17H19N3O/c1-14(2)8-6-4-5-7-9-18(21)19-13-15-10-11-16(20)17(12-15)22-3;1-13-5-7-14(8-6-13)20(12-17-18-9-10-19-17)15-3-2-4-16(21)11-15/h6,8,10-12,14,20H,4-5,7,9,13H2,1-3H3,(H,19,21);2-8,11,21H,9-10,12H2,1H3,(H,18,19)/b8-6+;. The molecule has 4 rings (SSSR count). The number of aryl methyl sites for hydroxylation is 1. The Morgan fingerprint density at radius 1 is 1.07 bits per heavy atom. The summed E-state index contributed by atoms with van der Waals surface area (Å²) in [4.78, 5) is 18.4. The number of amidine groups is 1. The average molecular weight is 587 g/mol. The van der Waals surface area contributed by atoms with Crippen LogP contribution < -0.4 is 20.3 Å². The van der Waals surface area contributed by atoms with Crippen LogP contribution in [0.3, 0.4) is 0 Å². The number of nitrogens with zero attached hydrogens (tertiary/aromatic N) is 2. The fraction of sp³-hybridized carbons (Fsp3) is 0.371. The number of anilines is 2. The SMILES string of the molecule is COc1cc(CNC(=O)CCCC/C=C/C(C)C)ccc1O.Cc1ccc(N(CC2=NCCN2)c2cccc(O)c2)cc1. The molecule has 0 saturated carbocycles. The number of phenols is 2. The molecule has 0 aliphatic carbocycles. The molecule has 8 nitrogen and oxygen atoms in total. The van der Waals surface area contributed by atoms with E-state index in [0.717, 1.165) is 55.1 Å². The zero-order valence-electron chi connectivity index (χ0n) is 25.8. The van der Waals surface area contributed by atoms with Gasteiger partial charge >= 0.3 is 0 Å². The van der Waals surface area contributed by atoms with Gasteiger partial charge in [0.1, 0.15) is 11.6 Å². The molecular weight excluding hydrogens is 540 g/mol. The van der Waals surface area contributed by atoms with E-state index in [2.05, 4.69) is 77.7 Å². The van der Waals surface area contributed by atoms with E-state index in [1.165, 1.54) is 12.7 Å². The Labute approximate surface area is 256 Å². The monoisotopic (exact) mass is 586 g/mol. The summed E-state index contributed by atoms with van der Waals surface area (Å²) in [5.41, 5.74) is 4.17. The first-order valence-electron chi connectivity index (χ1n) is 14.9. The van der Waals surface area contributed by atoms with Gasteiger partial charge in [-0.05, 0) is 74.1 Å². The van der Waals surface area contributed by atoms with Crippen molar-refractivity contribution in [2.45, 2.75) is 53.0 Å². The largest absolute Gasteiger partial charge is 0.508 e. The fourth-order valence-electron chi connectivity index (χ4n) is 4.46. The van der Waals surface area contributed by atoms with Gasteiger partial charge in [0.25, 0.3) is 0 Å². The highest BCUT2D eigenvalue weighted by molar-refractivity contribution is 5.90. The second-order valence-electron chi connectivity index (χ2n) is 10.9. The Bertz CT molecular complexity index is 1350. The molecule has 1 aliphatic rings. The van der Waals surface area contributed by atoms with Gasteiger partial charge in [-0.25, -0.2) is 0 Å². The molecule has 0 spiro atoms. The third-order valence-corrected chi connectivity index (χ3v) is 6.82. The van der Waals surface area contributed by atoms with E-state index in [9.17, 15) is 15.0 Å². The number of unbranched alkanes of at least 4 members (excludes halogenated alkanes) is 2. The summed E-state index contributed by atoms with van der Waals surface area (Å²) in [5.74, 6) is 2.42. The lowest BCUT2D eigenvalue weighted by molar-refractivity contribution is -0.121. The summed E-state index contributed by atoms with van der Waals surface area (Å²) >= 11 is 0. The number of carbonyl (C=O) groups is 1. The quantitative estimate of drug-likeness (QED) is 0.132. The number of phenolic OH excluding ortho intramolecular Hbond substituents is 2. The van der Waals surface area contributed by atoms with Crippen molar-refractivity contribution in [3.8, 4) is 17.2 Å². The summed E-state index contributed by atoms with van der Waals surface area (Å²) < 4.78 is 5.04. The zero-order chi connectivity index (χ0) is 31.0. The molecular formula is C35H46N4O4. The number of nitrogens with one attached hydrogen (secondary N) is 2. The van der Waals surface area contributed by atoms with Crippen molar-refractivity contribution in [2.75, 3.05) is 31.6 Å². The number of hydrogen-bond acceptors (Lipinski definition) is 7. The molecule has 8 heteroatoms. The van der Waals surface area contributed by atoms with Crippen molar-refractivity contribution in [3.05, 3.63) is 90.0 Å². The lowest BCUT2D eigenvalue weighted by atomic mass is 10.1. The van der Waals surface area contributed by atoms with Gasteiger partial charge in [-0.15, -0.1) is 0 Å². The number of carbonyl (C=O) groups excluding carboxylic acids is 1. The van der Waals surface area contributed by atoms with Crippen molar-refractivity contribution in [3.63, 3.8) is 0 Å². The van der Waals surface area contributed by atoms with Gasteiger partial charge in [-0.3, -0.25) is 9.79 Å². The number of aliphatic imine (C=N–C) groups is 1. The van der Waals surface area contributed by atoms with E-state index >= 15 is 0 Å². The van der Waals surface area contributed by atoms with Crippen molar-refractivity contribution >= 4 is 23.1 Å². The van der Waals surface area contributed by atoms with Gasteiger partial charge in [0.2, 0.25) is 5.91 Å². The van der Waals surface area contributed by atoms with Crippen LogP contribution in [-0.2, 0) is 11.3 Å². The Balaban J connectivity index is 0.000000235. The highest BCUT2D eigenvalue weighted by Crippen LogP contribution is 2.28. The molecule has 43 heavy (non-hydrogen) atoms. The van der Waals surface area contributed by atoms with E-state index < -0.39 is 0 Å². The summed E-state index contributed by atoms with van der Waals surface area (Å²) in [6.45, 7) is 9.24. The smallest absolute Gasteiger partial charge is 0.220 e. The normalized spacial score (nSPS) is 12.3. The average Bonchev–Trinajstić information content (AvgIpc) is 3.51. The number of methoxy groups -OCH3 is 1. The Morgan fingerprint density at radius 2 is 1.86 bits per heavy atom. The maximum absolute atomic E-state index is 11.8. The van der Waals surface area contributed by atoms with Crippen molar-refractivity contribution < 1.29 is 19.7 Å². The second kappa shape index (κ2) is 17.5. The van der Waals surface area contributed by atoms with Crippen LogP contribution >= 0.6 is 0 Å². The van der Waals surface area contributed by atoms with Gasteiger partial charge < -0.3 is 30.5 Å². The Morgan fingerprint density at radius 3 is 2.53 bits per heavy atom. The van der Waals surface area contributed by atoms with Crippen LogP contribution in [0.4, 0.5) is 11.4 Å². The second-order valence-corrected chi connectivity index (χ2v) is 10.9. The van der Waals surface area contributed by atoms with Crippen LogP contribution in [-0.4, -0.2) is 48.7 Å². The van der Waals surface area contributed by atoms with Crippen LogP contribution in [0.25, 0.3) is 0 Å². The summed E-state index contributed by atoms with van der Waals surface area (Å²) in [6.07, 6.45) is 7.88. The number of allylic oxidation sites excluding steroid dienone is 2. The van der Waals surface area contributed by atoms with E-state index in [4.69, 9.17) is 4.74 Å². The van der Waals surface area contributed by atoms with E-state index in [0.29, 0.717) is 31.2 Å². The van der Waals surface area contributed by atoms with Gasteiger partial charge in [0.05, 0.1) is 20.2 Å². The summed E-state index contributed by atoms with van der Waals surface area (Å²) in [7, 11) is 1.51. The molecule has 0 atom stereocenters. The van der Waals surface area contributed by atoms with Crippen LogP contribution in [0.1, 0.15) is 50.7 Å². The minimum atomic E-state index is 0.0554. The highest BCUT2D eigenvalue weighted by Gasteiger charge is 2.15. The van der Waals surface area contributed by atoms with Gasteiger partial charge in [0, 0.05) is 37.0 Å². The molecule has 1 amide bonds. The van der Waals surface area contributed by atoms with E-state index in [1.54, 1.807) is 30.3 Å². The highest BCUT2D eigenvalue weighted by atomic mass is 16.5. The number of rotatable bonds is 13. The molecule has 1 aliphatic heterocycles. The van der Waals surface area contributed by atoms with Crippen LogP contribution in [0.2, 0.25) is 0 Å². The predicted octanol–water partition coefficient (Wildman–Crippen LogP) is 6.63. The number of amides is 1. The number of benzene rings is 3. The van der Waals surface area contributed by atoms with E-state index in [-0.39, 0.29) is 17.4 Å². The van der Waals surface area contributed by atoms with Gasteiger partial charge in [0.15, 0.2) is 11.5 Å². The number of aromatic hydroxyl groups is 2. The number of ether oxygens (including phenoxy) is 1. The molecule has 0 radical (unpaired) electrons. The van der Waals surface area contributed by atoms with Crippen LogP contribution in [0, 0.1) is 12.8 Å². The molecule has 1 heterocycles. The van der Waals surface area contributed by atoms with Gasteiger partial charge in [-0.1, -0.05) is 55.8 Å². The summed E-state index contributed by atoms with van der Waals surface area (Å²) in [5, 5.41) is 25.4. The topological polar surface area (TPSA) is 106 Å². The predicted molar refractivity (Wildman–Crippen MR) is 176 cm³/mol. The fourth-order valence-corrected chi connectivity index (χ4v) is 4.46. The Kier molecular flexibility index (Phi) is 13.4. The lowest BCUT2D eigenvalue weighted by Crippen LogP contribution is -2.32. The van der Waals surface area contributed by atoms with Crippen molar-refractivity contribution in [1.29, 1.82) is 0 Å². The minimum Gasteiger partial charge on any atom is -0.508 e. The maximum Gasteiger partial charge on any atom is 0.220 e. The third kappa shape index (κ3) is 11.7. The molecule has 0 fully saturated rings. The first-order chi connectivity index (χ1) is 20.7. The Hall–Kier alpha value is -4.46. The number of hydrogen-bond donors (Lipinski definition) is 4. The maximum atomic E-state index is 11.8. The molecule has 0 saturated heterocycles. The third-order valence-electron chi connectivity index (χ3n) is 6.82. The molecule has 0 unspecified atom stereocenters. The molecule has 3 aromatic carbocycles. The zero-order valence-corrected chi connectivity index (χ0v) is 25.8. The minimum absolute atomic E-state index is 0.0554. The van der Waals surface area contributed by atoms with Crippen molar-refractivity contribution in [2.24, 2.45) is 10.9 Å².